The van der Waals surface area contributed by atoms with E-state index in [4.69, 9.17) is 4.74 Å². The topological polar surface area (TPSA) is 89.7 Å². The van der Waals surface area contributed by atoms with Gasteiger partial charge in [-0.05, 0) is 68.9 Å². The van der Waals surface area contributed by atoms with Gasteiger partial charge < -0.3 is 4.74 Å². The lowest BCUT2D eigenvalue weighted by Crippen LogP contribution is -2.00. The van der Waals surface area contributed by atoms with E-state index in [0.29, 0.717) is 6.61 Å². The van der Waals surface area contributed by atoms with Crippen LogP contribution in [0.25, 0.3) is 0 Å². The third-order valence-corrected chi connectivity index (χ3v) is 4.34. The van der Waals surface area contributed by atoms with Crippen molar-refractivity contribution in [2.45, 2.75) is 0 Å². The normalized spacial score (nSPS) is 10.6. The number of rotatable bonds is 7. The molecule has 0 radical (unpaired) electrons. The second kappa shape index (κ2) is 8.92. The van der Waals surface area contributed by atoms with Gasteiger partial charge in [-0.25, -0.2) is 4.98 Å². The molecule has 0 aliphatic rings. The van der Waals surface area contributed by atoms with E-state index in [1.165, 1.54) is 18.3 Å². The first-order chi connectivity index (χ1) is 11.5. The van der Waals surface area contributed by atoms with Crippen molar-refractivity contribution in [3.8, 4) is 5.75 Å². The molecule has 0 saturated carbocycles. The van der Waals surface area contributed by atoms with E-state index in [-0.39, 0.29) is 11.5 Å². The number of hydrazone groups is 1. The number of anilines is 1. The number of benzene rings is 1. The number of halogens is 2. The maximum atomic E-state index is 10.9. The fourth-order valence-corrected chi connectivity index (χ4v) is 3.86. The van der Waals surface area contributed by atoms with Gasteiger partial charge in [0.1, 0.15) is 12.4 Å². The summed E-state index contributed by atoms with van der Waals surface area (Å²) < 4.78 is 7.48. The first-order valence-electron chi connectivity index (χ1n) is 6.64. The molecule has 0 atom stereocenters. The molecule has 24 heavy (non-hydrogen) atoms. The Morgan fingerprint density at radius 3 is 2.75 bits per heavy atom. The maximum Gasteiger partial charge on any atom is 0.313 e. The van der Waals surface area contributed by atoms with Crippen molar-refractivity contribution >= 4 is 62.9 Å². The fourth-order valence-electron chi connectivity index (χ4n) is 1.73. The molecular formula is C15H12I2N4O3. The molecule has 0 aliphatic heterocycles. The predicted molar refractivity (Wildman–Crippen MR) is 110 cm³/mol. The van der Waals surface area contributed by atoms with Crippen LogP contribution >= 0.6 is 45.2 Å². The van der Waals surface area contributed by atoms with Crippen LogP contribution in [0.5, 0.6) is 5.75 Å². The molecule has 1 aromatic carbocycles. The van der Waals surface area contributed by atoms with Crippen molar-refractivity contribution in [1.82, 2.24) is 4.98 Å². The smallest absolute Gasteiger partial charge is 0.313 e. The molecule has 0 bridgehead atoms. The molecule has 0 spiro atoms. The van der Waals surface area contributed by atoms with E-state index >= 15 is 0 Å². The van der Waals surface area contributed by atoms with E-state index in [1.807, 2.05) is 12.1 Å². The van der Waals surface area contributed by atoms with Gasteiger partial charge in [0.25, 0.3) is 0 Å². The summed E-state index contributed by atoms with van der Waals surface area (Å²) >= 11 is 4.36. The molecule has 0 fully saturated rings. The number of nitrogens with one attached hydrogen (secondary N) is 1. The van der Waals surface area contributed by atoms with Gasteiger partial charge in [0, 0.05) is 12.3 Å². The molecule has 7 nitrogen and oxygen atoms in total. The molecule has 0 aliphatic carbocycles. The Morgan fingerprint density at radius 1 is 1.42 bits per heavy atom. The number of hydrogen-bond donors (Lipinski definition) is 1. The molecule has 1 aromatic heterocycles. The number of pyridine rings is 1. The Morgan fingerprint density at radius 2 is 2.12 bits per heavy atom. The Labute approximate surface area is 165 Å². The largest absolute Gasteiger partial charge is 0.487 e. The monoisotopic (exact) mass is 550 g/mol. The van der Waals surface area contributed by atoms with E-state index < -0.39 is 4.92 Å². The highest BCUT2D eigenvalue weighted by Crippen LogP contribution is 2.28. The van der Waals surface area contributed by atoms with Crippen molar-refractivity contribution in [3.05, 3.63) is 65.9 Å². The van der Waals surface area contributed by atoms with Crippen LogP contribution in [-0.4, -0.2) is 22.7 Å². The molecule has 0 saturated heterocycles. The second-order valence-electron chi connectivity index (χ2n) is 4.41. The average molecular weight is 550 g/mol. The Balaban J connectivity index is 2.15. The Bertz CT molecular complexity index is 773. The lowest BCUT2D eigenvalue weighted by atomic mass is 10.2. The van der Waals surface area contributed by atoms with Crippen LogP contribution in [0.15, 0.2) is 48.2 Å². The first-order valence-corrected chi connectivity index (χ1v) is 8.80. The van der Waals surface area contributed by atoms with Crippen LogP contribution in [0.1, 0.15) is 5.56 Å². The van der Waals surface area contributed by atoms with Gasteiger partial charge in [-0.1, -0.05) is 12.7 Å². The zero-order chi connectivity index (χ0) is 17.5. The summed E-state index contributed by atoms with van der Waals surface area (Å²) in [5.41, 5.74) is 3.30. The summed E-state index contributed by atoms with van der Waals surface area (Å²) in [7, 11) is 0. The molecule has 2 aromatic rings. The molecule has 2 rings (SSSR count). The van der Waals surface area contributed by atoms with Gasteiger partial charge in [0.15, 0.2) is 0 Å². The van der Waals surface area contributed by atoms with Crippen LogP contribution in [0.2, 0.25) is 0 Å². The van der Waals surface area contributed by atoms with Gasteiger partial charge in [0.2, 0.25) is 5.82 Å². The van der Waals surface area contributed by atoms with E-state index in [9.17, 15) is 10.1 Å². The zero-order valence-electron chi connectivity index (χ0n) is 12.3. The summed E-state index contributed by atoms with van der Waals surface area (Å²) in [6.07, 6.45) is 4.72. The highest BCUT2D eigenvalue weighted by Gasteiger charge is 2.13. The van der Waals surface area contributed by atoms with Crippen molar-refractivity contribution in [1.29, 1.82) is 0 Å². The summed E-state index contributed by atoms with van der Waals surface area (Å²) in [4.78, 5) is 14.3. The molecule has 124 valence electrons. The quantitative estimate of drug-likeness (QED) is 0.184. The van der Waals surface area contributed by atoms with Crippen LogP contribution < -0.4 is 10.2 Å². The number of aromatic nitrogens is 1. The van der Waals surface area contributed by atoms with Gasteiger partial charge in [0.05, 0.1) is 18.3 Å². The number of nitrogens with zero attached hydrogens (tertiary/aromatic N) is 3. The number of hydrogen-bond acceptors (Lipinski definition) is 6. The third-order valence-electron chi connectivity index (χ3n) is 2.73. The fraction of sp³-hybridized carbons (Fsp3) is 0.0667. The van der Waals surface area contributed by atoms with E-state index in [2.05, 4.69) is 67.3 Å². The van der Waals surface area contributed by atoms with Crippen molar-refractivity contribution in [2.75, 3.05) is 12.0 Å². The molecule has 0 unspecified atom stereocenters. The third kappa shape index (κ3) is 4.87. The minimum absolute atomic E-state index is 0.0917. The van der Waals surface area contributed by atoms with Gasteiger partial charge in [-0.3, -0.25) is 15.5 Å². The lowest BCUT2D eigenvalue weighted by Gasteiger charge is -2.09. The summed E-state index contributed by atoms with van der Waals surface area (Å²) in [6.45, 7) is 4.06. The van der Waals surface area contributed by atoms with Gasteiger partial charge in [-0.15, -0.1) is 0 Å². The summed E-state index contributed by atoms with van der Waals surface area (Å²) in [6, 6.07) is 6.67. The second-order valence-corrected chi connectivity index (χ2v) is 6.74. The van der Waals surface area contributed by atoms with Crippen LogP contribution in [0.3, 0.4) is 0 Å². The zero-order valence-corrected chi connectivity index (χ0v) is 16.6. The van der Waals surface area contributed by atoms with Gasteiger partial charge >= 0.3 is 5.69 Å². The highest BCUT2D eigenvalue weighted by molar-refractivity contribution is 14.1. The van der Waals surface area contributed by atoms with Crippen molar-refractivity contribution in [2.24, 2.45) is 5.10 Å². The van der Waals surface area contributed by atoms with Crippen LogP contribution in [0.4, 0.5) is 11.5 Å². The Hall–Kier alpha value is -1.76. The minimum Gasteiger partial charge on any atom is -0.487 e. The molecule has 1 heterocycles. The van der Waals surface area contributed by atoms with E-state index in [1.54, 1.807) is 12.3 Å². The average Bonchev–Trinajstić information content (AvgIpc) is 2.54. The SMILES string of the molecule is C=CCOc1c(I)cc(/C=N\Nc2ncccc2[N+](=O)[O-])cc1I. The standard InChI is InChI=1S/C15H12I2N4O3/c1-2-6-24-14-11(16)7-10(8-12(14)17)9-19-20-15-13(21(22)23)4-3-5-18-15/h2-5,7-9H,1,6H2,(H,18,20)/b19-9-. The predicted octanol–water partition coefficient (Wildman–Crippen LogP) is 4.21. The van der Waals surface area contributed by atoms with Crippen LogP contribution in [0, 0.1) is 17.3 Å². The van der Waals surface area contributed by atoms with E-state index in [0.717, 1.165) is 18.5 Å². The number of ether oxygens (including phenoxy) is 1. The first kappa shape index (κ1) is 18.6. The lowest BCUT2D eigenvalue weighted by molar-refractivity contribution is -0.384. The van der Waals surface area contributed by atoms with Gasteiger partial charge in [-0.2, -0.15) is 5.10 Å². The highest BCUT2D eigenvalue weighted by atomic mass is 127. The molecular weight excluding hydrogens is 538 g/mol. The molecule has 0 amide bonds. The molecule has 9 heteroatoms. The number of nitro groups is 1. The van der Waals surface area contributed by atoms with Crippen molar-refractivity contribution < 1.29 is 9.66 Å². The van der Waals surface area contributed by atoms with Crippen molar-refractivity contribution in [3.63, 3.8) is 0 Å². The maximum absolute atomic E-state index is 10.9. The summed E-state index contributed by atoms with van der Waals surface area (Å²) in [5.74, 6) is 0.885. The Kier molecular flexibility index (Phi) is 6.90. The minimum atomic E-state index is -0.511. The van der Waals surface area contributed by atoms with Crippen LogP contribution in [-0.2, 0) is 0 Å². The summed E-state index contributed by atoms with van der Waals surface area (Å²) in [5, 5.41) is 14.9. The molecule has 1 N–H and O–H groups in total.